The minimum absolute atomic E-state index is 0.116. The third kappa shape index (κ3) is 4.45. The third-order valence-corrected chi connectivity index (χ3v) is 2.94. The zero-order valence-corrected chi connectivity index (χ0v) is 9.88. The molecule has 0 heterocycles. The van der Waals surface area contributed by atoms with Gasteiger partial charge >= 0.3 is 0 Å². The van der Waals surface area contributed by atoms with Crippen LogP contribution >= 0.6 is 0 Å². The number of hydrazone groups is 1. The first-order valence-corrected chi connectivity index (χ1v) is 6.07. The van der Waals surface area contributed by atoms with Crippen molar-refractivity contribution in [3.63, 3.8) is 0 Å². The smallest absolute Gasteiger partial charge is 0.243 e. The van der Waals surface area contributed by atoms with Crippen LogP contribution < -0.4 is 5.43 Å². The molecule has 1 aliphatic rings. The lowest BCUT2D eigenvalue weighted by Gasteiger charge is -2.19. The molecular weight excluding hydrogens is 188 g/mol. The molecule has 86 valence electrons. The Kier molecular flexibility index (Phi) is 5.37. The van der Waals surface area contributed by atoms with Gasteiger partial charge in [0.05, 0.1) is 0 Å². The molecule has 0 radical (unpaired) electrons. The molecule has 1 fully saturated rings. The number of nitrogens with zero attached hydrogens (tertiary/aromatic N) is 1. The first-order valence-electron chi connectivity index (χ1n) is 6.07. The molecule has 1 rings (SSSR count). The summed E-state index contributed by atoms with van der Waals surface area (Å²) in [7, 11) is 0. The van der Waals surface area contributed by atoms with Crippen LogP contribution in [-0.2, 0) is 4.79 Å². The van der Waals surface area contributed by atoms with Gasteiger partial charge in [0.2, 0.25) is 5.91 Å². The van der Waals surface area contributed by atoms with Gasteiger partial charge in [0, 0.05) is 11.6 Å². The molecule has 0 aromatic heterocycles. The lowest BCUT2D eigenvalue weighted by atomic mass is 9.89. The van der Waals surface area contributed by atoms with Crippen molar-refractivity contribution in [2.24, 2.45) is 11.0 Å². The van der Waals surface area contributed by atoms with Crippen LogP contribution in [0.15, 0.2) is 5.10 Å². The Morgan fingerprint density at radius 3 is 2.60 bits per heavy atom. The highest BCUT2D eigenvalue weighted by Crippen LogP contribution is 2.23. The zero-order chi connectivity index (χ0) is 11.1. The average Bonchev–Trinajstić information content (AvgIpc) is 2.27. The van der Waals surface area contributed by atoms with E-state index in [-0.39, 0.29) is 11.8 Å². The van der Waals surface area contributed by atoms with Gasteiger partial charge < -0.3 is 0 Å². The average molecular weight is 210 g/mol. The van der Waals surface area contributed by atoms with Crippen molar-refractivity contribution < 1.29 is 4.79 Å². The van der Waals surface area contributed by atoms with Gasteiger partial charge in [-0.1, -0.05) is 32.6 Å². The zero-order valence-electron chi connectivity index (χ0n) is 9.88. The molecule has 1 amide bonds. The van der Waals surface area contributed by atoms with Crippen LogP contribution in [0.1, 0.15) is 58.8 Å². The van der Waals surface area contributed by atoms with E-state index in [2.05, 4.69) is 17.5 Å². The topological polar surface area (TPSA) is 41.5 Å². The van der Waals surface area contributed by atoms with E-state index in [0.717, 1.165) is 31.4 Å². The number of nitrogens with one attached hydrogen (secondary N) is 1. The van der Waals surface area contributed by atoms with E-state index in [0.29, 0.717) is 0 Å². The van der Waals surface area contributed by atoms with Crippen molar-refractivity contribution in [3.05, 3.63) is 0 Å². The van der Waals surface area contributed by atoms with Crippen molar-refractivity contribution in [1.82, 2.24) is 5.43 Å². The van der Waals surface area contributed by atoms with Crippen molar-refractivity contribution in [1.29, 1.82) is 0 Å². The number of carbonyl (C=O) groups is 1. The fourth-order valence-corrected chi connectivity index (χ4v) is 2.02. The van der Waals surface area contributed by atoms with Gasteiger partial charge in [-0.2, -0.15) is 5.10 Å². The fraction of sp³-hybridized carbons (Fsp3) is 0.833. The Morgan fingerprint density at radius 1 is 1.33 bits per heavy atom. The summed E-state index contributed by atoms with van der Waals surface area (Å²) in [4.78, 5) is 11.7. The first kappa shape index (κ1) is 12.2. The van der Waals surface area contributed by atoms with Gasteiger partial charge in [0.15, 0.2) is 0 Å². The highest BCUT2D eigenvalue weighted by Gasteiger charge is 2.20. The number of rotatable bonds is 4. The van der Waals surface area contributed by atoms with Gasteiger partial charge in [-0.15, -0.1) is 0 Å². The molecule has 0 aromatic carbocycles. The van der Waals surface area contributed by atoms with Crippen LogP contribution in [0.25, 0.3) is 0 Å². The van der Waals surface area contributed by atoms with Crippen LogP contribution in [0.4, 0.5) is 0 Å². The molecule has 0 saturated heterocycles. The van der Waals surface area contributed by atoms with Crippen molar-refractivity contribution in [3.8, 4) is 0 Å². The Morgan fingerprint density at radius 2 is 2.00 bits per heavy atom. The summed E-state index contributed by atoms with van der Waals surface area (Å²) >= 11 is 0. The first-order chi connectivity index (χ1) is 7.24. The van der Waals surface area contributed by atoms with E-state index in [1.54, 1.807) is 0 Å². The maximum absolute atomic E-state index is 11.7. The molecule has 1 N–H and O–H groups in total. The summed E-state index contributed by atoms with van der Waals surface area (Å²) in [5.41, 5.74) is 3.70. The lowest BCUT2D eigenvalue weighted by molar-refractivity contribution is -0.125. The molecule has 0 aromatic rings. The van der Waals surface area contributed by atoms with Gasteiger partial charge in [0.25, 0.3) is 0 Å². The molecule has 1 saturated carbocycles. The SMILES string of the molecule is CCCC(C)=NNC(=O)C1CCCCC1. The normalized spacial score (nSPS) is 18.9. The summed E-state index contributed by atoms with van der Waals surface area (Å²) in [6.45, 7) is 4.08. The van der Waals surface area contributed by atoms with Crippen molar-refractivity contribution in [2.75, 3.05) is 0 Å². The van der Waals surface area contributed by atoms with Crippen LogP contribution in [0.5, 0.6) is 0 Å². The summed E-state index contributed by atoms with van der Waals surface area (Å²) < 4.78 is 0. The molecule has 3 nitrogen and oxygen atoms in total. The molecule has 0 spiro atoms. The molecule has 3 heteroatoms. The summed E-state index contributed by atoms with van der Waals surface area (Å²) in [5.74, 6) is 0.321. The van der Waals surface area contributed by atoms with E-state index in [1.165, 1.54) is 19.3 Å². The summed E-state index contributed by atoms with van der Waals surface area (Å²) in [6.07, 6.45) is 7.77. The number of amides is 1. The fourth-order valence-electron chi connectivity index (χ4n) is 2.02. The molecule has 1 aliphatic carbocycles. The maximum atomic E-state index is 11.7. The second kappa shape index (κ2) is 6.59. The van der Waals surface area contributed by atoms with Crippen molar-refractivity contribution >= 4 is 11.6 Å². The lowest BCUT2D eigenvalue weighted by Crippen LogP contribution is -2.29. The molecule has 0 bridgehead atoms. The largest absolute Gasteiger partial charge is 0.273 e. The van der Waals surface area contributed by atoms with Crippen LogP contribution in [0.2, 0.25) is 0 Å². The number of carbonyl (C=O) groups excluding carboxylic acids is 1. The Labute approximate surface area is 92.3 Å². The minimum Gasteiger partial charge on any atom is -0.273 e. The van der Waals surface area contributed by atoms with Gasteiger partial charge in [0.1, 0.15) is 0 Å². The Hall–Kier alpha value is -0.860. The predicted octanol–water partition coefficient (Wildman–Crippen LogP) is 2.86. The Balaban J connectivity index is 2.31. The number of hydrogen-bond donors (Lipinski definition) is 1. The predicted molar refractivity (Wildman–Crippen MR) is 62.7 cm³/mol. The second-order valence-electron chi connectivity index (χ2n) is 4.41. The Bertz CT molecular complexity index is 230. The van der Waals surface area contributed by atoms with E-state index < -0.39 is 0 Å². The molecule has 0 atom stereocenters. The van der Waals surface area contributed by atoms with E-state index >= 15 is 0 Å². The van der Waals surface area contributed by atoms with E-state index in [4.69, 9.17) is 0 Å². The van der Waals surface area contributed by atoms with Crippen LogP contribution in [0, 0.1) is 5.92 Å². The third-order valence-electron chi connectivity index (χ3n) is 2.94. The highest BCUT2D eigenvalue weighted by atomic mass is 16.2. The van der Waals surface area contributed by atoms with E-state index in [9.17, 15) is 4.79 Å². The quantitative estimate of drug-likeness (QED) is 0.562. The standard InChI is InChI=1S/C12H22N2O/c1-3-7-10(2)13-14-12(15)11-8-5-4-6-9-11/h11H,3-9H2,1-2H3,(H,14,15). The monoisotopic (exact) mass is 210 g/mol. The minimum atomic E-state index is 0.116. The molecule has 15 heavy (non-hydrogen) atoms. The summed E-state index contributed by atoms with van der Waals surface area (Å²) in [5, 5.41) is 4.11. The highest BCUT2D eigenvalue weighted by molar-refractivity contribution is 5.85. The number of hydrogen-bond acceptors (Lipinski definition) is 2. The summed E-state index contributed by atoms with van der Waals surface area (Å²) in [6, 6.07) is 0. The van der Waals surface area contributed by atoms with Crippen LogP contribution in [-0.4, -0.2) is 11.6 Å². The maximum Gasteiger partial charge on any atom is 0.243 e. The molecule has 0 aliphatic heterocycles. The van der Waals surface area contributed by atoms with Gasteiger partial charge in [-0.05, 0) is 26.2 Å². The van der Waals surface area contributed by atoms with E-state index in [1.807, 2.05) is 6.92 Å². The van der Waals surface area contributed by atoms with Crippen LogP contribution in [0.3, 0.4) is 0 Å². The van der Waals surface area contributed by atoms with Gasteiger partial charge in [-0.3, -0.25) is 4.79 Å². The molecular formula is C12H22N2O. The van der Waals surface area contributed by atoms with Crippen molar-refractivity contribution in [2.45, 2.75) is 58.8 Å². The molecule has 0 unspecified atom stereocenters. The second-order valence-corrected chi connectivity index (χ2v) is 4.41. The van der Waals surface area contributed by atoms with Gasteiger partial charge in [-0.25, -0.2) is 5.43 Å².